The number of aliphatic hydroxyl groups is 2. The SMILES string of the molecule is CCCCCCCCCCCCC/C=C/C(O)C(CO)NC(=O)CCCCCCCCCCC/C=C\CCCCCCCCCCCCCCOC(=O)CCCCCCCCCCCCCCCCC. The molecule has 0 aromatic carbocycles. The van der Waals surface area contributed by atoms with E-state index in [1.165, 1.54) is 283 Å². The van der Waals surface area contributed by atoms with Gasteiger partial charge in [0.15, 0.2) is 0 Å². The quantitative estimate of drug-likeness (QED) is 0.0321. The molecule has 0 heterocycles. The van der Waals surface area contributed by atoms with E-state index in [0.717, 1.165) is 38.5 Å². The molecular formula is C64H123NO5. The van der Waals surface area contributed by atoms with Gasteiger partial charge in [-0.2, -0.15) is 0 Å². The summed E-state index contributed by atoms with van der Waals surface area (Å²) in [5.41, 5.74) is 0. The van der Waals surface area contributed by atoms with E-state index in [4.69, 9.17) is 4.74 Å². The van der Waals surface area contributed by atoms with Gasteiger partial charge in [0.25, 0.3) is 0 Å². The highest BCUT2D eigenvalue weighted by Gasteiger charge is 2.18. The van der Waals surface area contributed by atoms with E-state index >= 15 is 0 Å². The molecular weight excluding hydrogens is 863 g/mol. The lowest BCUT2D eigenvalue weighted by molar-refractivity contribution is -0.143. The Hall–Kier alpha value is -1.66. The van der Waals surface area contributed by atoms with Crippen LogP contribution in [0.4, 0.5) is 0 Å². The Kier molecular flexibility index (Phi) is 58.5. The van der Waals surface area contributed by atoms with Gasteiger partial charge in [0.05, 0.1) is 25.4 Å². The van der Waals surface area contributed by atoms with Crippen LogP contribution in [-0.4, -0.2) is 47.4 Å². The maximum atomic E-state index is 12.4. The number of esters is 1. The number of amides is 1. The molecule has 0 aliphatic heterocycles. The minimum atomic E-state index is -0.845. The Morgan fingerprint density at radius 2 is 0.671 bits per heavy atom. The molecule has 414 valence electrons. The zero-order valence-corrected chi connectivity index (χ0v) is 47.3. The number of ether oxygens (including phenoxy) is 1. The van der Waals surface area contributed by atoms with Crippen molar-refractivity contribution in [2.75, 3.05) is 13.2 Å². The zero-order chi connectivity index (χ0) is 50.7. The van der Waals surface area contributed by atoms with Crippen molar-refractivity contribution in [1.29, 1.82) is 0 Å². The molecule has 0 aromatic heterocycles. The molecule has 70 heavy (non-hydrogen) atoms. The number of aliphatic hydroxyl groups excluding tert-OH is 2. The van der Waals surface area contributed by atoms with E-state index in [-0.39, 0.29) is 18.5 Å². The molecule has 2 unspecified atom stereocenters. The number of allylic oxidation sites excluding steroid dienone is 3. The maximum absolute atomic E-state index is 12.4. The third-order valence-electron chi connectivity index (χ3n) is 14.7. The summed E-state index contributed by atoms with van der Waals surface area (Å²) in [5, 5.41) is 23.1. The first-order valence-corrected chi connectivity index (χ1v) is 31.6. The van der Waals surface area contributed by atoms with Gasteiger partial charge in [-0.25, -0.2) is 0 Å². The predicted molar refractivity (Wildman–Crippen MR) is 306 cm³/mol. The highest BCUT2D eigenvalue weighted by Crippen LogP contribution is 2.17. The van der Waals surface area contributed by atoms with Gasteiger partial charge in [-0.15, -0.1) is 0 Å². The second-order valence-corrected chi connectivity index (χ2v) is 21.7. The van der Waals surface area contributed by atoms with Crippen LogP contribution in [0.15, 0.2) is 24.3 Å². The highest BCUT2D eigenvalue weighted by molar-refractivity contribution is 5.76. The lowest BCUT2D eigenvalue weighted by Gasteiger charge is -2.20. The second kappa shape index (κ2) is 59.9. The number of hydrogen-bond donors (Lipinski definition) is 3. The topological polar surface area (TPSA) is 95.9 Å². The minimum Gasteiger partial charge on any atom is -0.466 e. The van der Waals surface area contributed by atoms with Gasteiger partial charge in [0.2, 0.25) is 5.91 Å². The van der Waals surface area contributed by atoms with Crippen LogP contribution in [0.2, 0.25) is 0 Å². The van der Waals surface area contributed by atoms with Crippen LogP contribution in [0.1, 0.15) is 348 Å². The van der Waals surface area contributed by atoms with Gasteiger partial charge in [-0.3, -0.25) is 9.59 Å². The van der Waals surface area contributed by atoms with E-state index < -0.39 is 12.1 Å². The summed E-state index contributed by atoms with van der Waals surface area (Å²) in [4.78, 5) is 24.5. The molecule has 6 heteroatoms. The maximum Gasteiger partial charge on any atom is 0.305 e. The van der Waals surface area contributed by atoms with Crippen molar-refractivity contribution in [3.05, 3.63) is 24.3 Å². The third kappa shape index (κ3) is 55.7. The van der Waals surface area contributed by atoms with Crippen molar-refractivity contribution in [1.82, 2.24) is 5.32 Å². The van der Waals surface area contributed by atoms with Crippen LogP contribution in [0.3, 0.4) is 0 Å². The molecule has 0 aliphatic rings. The average Bonchev–Trinajstić information content (AvgIpc) is 3.36. The highest BCUT2D eigenvalue weighted by atomic mass is 16.5. The lowest BCUT2D eigenvalue weighted by atomic mass is 10.0. The van der Waals surface area contributed by atoms with Gasteiger partial charge in [0.1, 0.15) is 0 Å². The van der Waals surface area contributed by atoms with Crippen molar-refractivity contribution in [2.45, 2.75) is 360 Å². The molecule has 0 radical (unpaired) electrons. The van der Waals surface area contributed by atoms with Crippen LogP contribution >= 0.6 is 0 Å². The van der Waals surface area contributed by atoms with Gasteiger partial charge in [-0.1, -0.05) is 301 Å². The fraction of sp³-hybridized carbons (Fsp3) is 0.906. The van der Waals surface area contributed by atoms with Gasteiger partial charge in [-0.05, 0) is 57.8 Å². The van der Waals surface area contributed by atoms with Crippen molar-refractivity contribution >= 4 is 11.9 Å². The summed E-state index contributed by atoms with van der Waals surface area (Å²) in [6.07, 6.45) is 73.7. The summed E-state index contributed by atoms with van der Waals surface area (Å²) >= 11 is 0. The van der Waals surface area contributed by atoms with E-state index in [9.17, 15) is 19.8 Å². The van der Waals surface area contributed by atoms with Crippen LogP contribution < -0.4 is 5.32 Å². The second-order valence-electron chi connectivity index (χ2n) is 21.7. The Morgan fingerprint density at radius 3 is 1.01 bits per heavy atom. The summed E-state index contributed by atoms with van der Waals surface area (Å²) in [6, 6.07) is -0.629. The van der Waals surface area contributed by atoms with Crippen molar-refractivity contribution in [2.24, 2.45) is 0 Å². The fourth-order valence-corrected chi connectivity index (χ4v) is 9.87. The van der Waals surface area contributed by atoms with E-state index in [1.54, 1.807) is 6.08 Å². The molecule has 2 atom stereocenters. The summed E-state index contributed by atoms with van der Waals surface area (Å²) in [7, 11) is 0. The average molecular weight is 987 g/mol. The smallest absolute Gasteiger partial charge is 0.305 e. The molecule has 0 aliphatic carbocycles. The fourth-order valence-electron chi connectivity index (χ4n) is 9.87. The number of hydrogen-bond acceptors (Lipinski definition) is 5. The Morgan fingerprint density at radius 1 is 0.386 bits per heavy atom. The molecule has 0 saturated heterocycles. The third-order valence-corrected chi connectivity index (χ3v) is 14.7. The summed E-state index contributed by atoms with van der Waals surface area (Å²) < 4.78 is 5.49. The first kappa shape index (κ1) is 68.3. The molecule has 0 rings (SSSR count). The molecule has 0 saturated carbocycles. The largest absolute Gasteiger partial charge is 0.466 e. The summed E-state index contributed by atoms with van der Waals surface area (Å²) in [5.74, 6) is -0.0540. The number of carbonyl (C=O) groups excluding carboxylic acids is 2. The lowest BCUT2D eigenvalue weighted by Crippen LogP contribution is -2.45. The predicted octanol–water partition coefficient (Wildman–Crippen LogP) is 19.8. The Bertz CT molecular complexity index is 1090. The normalized spacial score (nSPS) is 12.7. The number of rotatable bonds is 59. The van der Waals surface area contributed by atoms with Crippen LogP contribution in [0.5, 0.6) is 0 Å². The van der Waals surface area contributed by atoms with Gasteiger partial charge < -0.3 is 20.3 Å². The Balaban J connectivity index is 3.39. The number of carbonyl (C=O) groups is 2. The molecule has 0 aromatic rings. The zero-order valence-electron chi connectivity index (χ0n) is 47.3. The molecule has 6 nitrogen and oxygen atoms in total. The molecule has 0 fully saturated rings. The van der Waals surface area contributed by atoms with Crippen LogP contribution in [0, 0.1) is 0 Å². The molecule has 3 N–H and O–H groups in total. The monoisotopic (exact) mass is 986 g/mol. The van der Waals surface area contributed by atoms with Crippen molar-refractivity contribution < 1.29 is 24.5 Å². The van der Waals surface area contributed by atoms with Crippen molar-refractivity contribution in [3.63, 3.8) is 0 Å². The summed E-state index contributed by atoms with van der Waals surface area (Å²) in [6.45, 7) is 4.92. The minimum absolute atomic E-state index is 0.0162. The van der Waals surface area contributed by atoms with E-state index in [2.05, 4.69) is 31.3 Å². The standard InChI is InChI=1S/C64H123NO5/c1-3-5-7-9-11-13-15-17-29-34-38-42-46-50-54-58-64(69)70-59-55-51-47-43-39-35-31-28-26-24-22-20-18-19-21-23-25-27-30-33-37-41-45-49-53-57-63(68)65-61(60-66)62(67)56-52-48-44-40-36-32-16-14-12-10-8-6-4-2/h19,21,52,56,61-62,66-67H,3-18,20,22-51,53-55,57-60H2,1-2H3,(H,65,68)/b21-19-,56-52+. The number of unbranched alkanes of at least 4 members (excludes halogenated alkanes) is 46. The molecule has 0 spiro atoms. The van der Waals surface area contributed by atoms with Gasteiger partial charge in [0, 0.05) is 12.8 Å². The first-order valence-electron chi connectivity index (χ1n) is 31.6. The molecule has 1 amide bonds. The van der Waals surface area contributed by atoms with E-state index in [0.29, 0.717) is 19.4 Å². The number of nitrogens with one attached hydrogen (secondary N) is 1. The van der Waals surface area contributed by atoms with Crippen LogP contribution in [-0.2, 0) is 14.3 Å². The van der Waals surface area contributed by atoms with Crippen LogP contribution in [0.25, 0.3) is 0 Å². The first-order chi connectivity index (χ1) is 34.5. The van der Waals surface area contributed by atoms with E-state index in [1.807, 2.05) is 6.08 Å². The van der Waals surface area contributed by atoms with Gasteiger partial charge >= 0.3 is 5.97 Å². The Labute approximate surface area is 437 Å². The van der Waals surface area contributed by atoms with Crippen molar-refractivity contribution in [3.8, 4) is 0 Å². The molecule has 0 bridgehead atoms.